The lowest BCUT2D eigenvalue weighted by atomic mass is 10.1. The van der Waals surface area contributed by atoms with Gasteiger partial charge in [-0.05, 0) is 32.0 Å². The number of carbonyl (C=O) groups is 1. The molecule has 0 radical (unpaired) electrons. The van der Waals surface area contributed by atoms with Gasteiger partial charge < -0.3 is 15.0 Å². The summed E-state index contributed by atoms with van der Waals surface area (Å²) in [6.07, 6.45) is 1.04. The number of nitrogens with one attached hydrogen (secondary N) is 1. The summed E-state index contributed by atoms with van der Waals surface area (Å²) in [6.45, 7) is 2.82. The number of fused-ring (bicyclic) bond motifs is 1. The van der Waals surface area contributed by atoms with Crippen LogP contribution in [0, 0.1) is 0 Å². The lowest BCUT2D eigenvalue weighted by Gasteiger charge is -2.28. The minimum Gasteiger partial charge on any atom is -0.468 e. The molecule has 0 aromatic heterocycles. The molecule has 1 aromatic carbocycles. The topological polar surface area (TPSA) is 41.6 Å². The largest absolute Gasteiger partial charge is 0.468 e. The summed E-state index contributed by atoms with van der Waals surface area (Å²) in [7, 11) is 3.21. The Morgan fingerprint density at radius 3 is 2.94 bits per heavy atom. The fourth-order valence-corrected chi connectivity index (χ4v) is 2.53. The van der Waals surface area contributed by atoms with Gasteiger partial charge in [-0.1, -0.05) is 18.2 Å². The van der Waals surface area contributed by atoms with E-state index >= 15 is 0 Å². The lowest BCUT2D eigenvalue weighted by molar-refractivity contribution is -0.142. The maximum absolute atomic E-state index is 11.6. The normalized spacial score (nSPS) is 19.5. The molecule has 0 amide bonds. The van der Waals surface area contributed by atoms with Crippen LogP contribution in [0.2, 0.25) is 0 Å². The molecule has 98 valence electrons. The van der Waals surface area contributed by atoms with Crippen molar-refractivity contribution in [1.82, 2.24) is 5.32 Å². The minimum absolute atomic E-state index is 0.214. The zero-order valence-electron chi connectivity index (χ0n) is 11.1. The number of ether oxygens (including phenoxy) is 1. The number of hydrogen-bond donors (Lipinski definition) is 1. The van der Waals surface area contributed by atoms with Crippen molar-refractivity contribution in [1.29, 1.82) is 0 Å². The molecule has 4 heteroatoms. The third-order valence-electron chi connectivity index (χ3n) is 3.56. The molecule has 0 spiro atoms. The first-order chi connectivity index (χ1) is 8.67. The van der Waals surface area contributed by atoms with E-state index < -0.39 is 0 Å². The molecule has 0 bridgehead atoms. The van der Waals surface area contributed by atoms with Gasteiger partial charge in [-0.3, -0.25) is 4.79 Å². The third-order valence-corrected chi connectivity index (χ3v) is 3.56. The monoisotopic (exact) mass is 248 g/mol. The number of hydrogen-bond acceptors (Lipinski definition) is 4. The van der Waals surface area contributed by atoms with Crippen molar-refractivity contribution < 1.29 is 9.53 Å². The van der Waals surface area contributed by atoms with Crippen LogP contribution in [0.15, 0.2) is 24.3 Å². The van der Waals surface area contributed by atoms with Crippen molar-refractivity contribution in [2.24, 2.45) is 0 Å². The molecule has 4 nitrogen and oxygen atoms in total. The van der Waals surface area contributed by atoms with E-state index in [0.717, 1.165) is 6.42 Å². The number of methoxy groups -OCH3 is 1. The van der Waals surface area contributed by atoms with Gasteiger partial charge in [-0.2, -0.15) is 0 Å². The van der Waals surface area contributed by atoms with Crippen molar-refractivity contribution in [2.75, 3.05) is 25.6 Å². The average Bonchev–Trinajstić information content (AvgIpc) is 2.71. The van der Waals surface area contributed by atoms with Crippen LogP contribution in [-0.2, 0) is 16.0 Å². The summed E-state index contributed by atoms with van der Waals surface area (Å²) < 4.78 is 4.81. The van der Waals surface area contributed by atoms with Crippen molar-refractivity contribution >= 4 is 11.7 Å². The van der Waals surface area contributed by atoms with Gasteiger partial charge in [0.05, 0.1) is 7.11 Å². The van der Waals surface area contributed by atoms with Crippen molar-refractivity contribution in [3.63, 3.8) is 0 Å². The number of carbonyl (C=O) groups excluding carboxylic acids is 1. The Hall–Kier alpha value is -1.55. The van der Waals surface area contributed by atoms with Gasteiger partial charge in [0, 0.05) is 18.3 Å². The number of nitrogens with zero attached hydrogens (tertiary/aromatic N) is 1. The van der Waals surface area contributed by atoms with Crippen LogP contribution in [0.4, 0.5) is 5.69 Å². The van der Waals surface area contributed by atoms with Gasteiger partial charge in [-0.15, -0.1) is 0 Å². The summed E-state index contributed by atoms with van der Waals surface area (Å²) >= 11 is 0. The van der Waals surface area contributed by atoms with Gasteiger partial charge >= 0.3 is 5.97 Å². The van der Waals surface area contributed by atoms with E-state index in [1.165, 1.54) is 18.4 Å². The van der Waals surface area contributed by atoms with Gasteiger partial charge in [0.25, 0.3) is 0 Å². The van der Waals surface area contributed by atoms with Crippen LogP contribution in [0.1, 0.15) is 12.5 Å². The fraction of sp³-hybridized carbons (Fsp3) is 0.500. The Kier molecular flexibility index (Phi) is 3.87. The third kappa shape index (κ3) is 2.34. The number of esters is 1. The molecule has 1 heterocycles. The maximum Gasteiger partial charge on any atom is 0.324 e. The van der Waals surface area contributed by atoms with Gasteiger partial charge in [0.15, 0.2) is 0 Å². The minimum atomic E-state index is -0.288. The molecular formula is C14H20N2O2. The second-order valence-electron chi connectivity index (χ2n) is 4.70. The standard InChI is InChI=1S/C14H20N2O2/c1-10-8-11-6-4-5-7-13(11)16(10)9-12(15-2)14(17)18-3/h4-7,10,12,15H,8-9H2,1-3H3. The van der Waals surface area contributed by atoms with Crippen molar-refractivity contribution in [2.45, 2.75) is 25.4 Å². The molecule has 2 rings (SSSR count). The van der Waals surface area contributed by atoms with Crippen LogP contribution in [0.5, 0.6) is 0 Å². The summed E-state index contributed by atoms with van der Waals surface area (Å²) in [4.78, 5) is 13.9. The second-order valence-corrected chi connectivity index (χ2v) is 4.70. The lowest BCUT2D eigenvalue weighted by Crippen LogP contribution is -2.47. The van der Waals surface area contributed by atoms with Crippen LogP contribution in [0.25, 0.3) is 0 Å². The summed E-state index contributed by atoms with van der Waals surface area (Å²) in [6, 6.07) is 8.49. The molecule has 0 fully saturated rings. The highest BCUT2D eigenvalue weighted by molar-refractivity contribution is 5.77. The van der Waals surface area contributed by atoms with Crippen LogP contribution >= 0.6 is 0 Å². The van der Waals surface area contributed by atoms with Crippen molar-refractivity contribution in [3.8, 4) is 0 Å². The predicted octanol–water partition coefficient (Wildman–Crippen LogP) is 1.20. The Labute approximate surface area is 108 Å². The fourth-order valence-electron chi connectivity index (χ4n) is 2.53. The van der Waals surface area contributed by atoms with E-state index in [1.54, 1.807) is 7.05 Å². The maximum atomic E-state index is 11.6. The molecule has 1 aliphatic rings. The molecule has 18 heavy (non-hydrogen) atoms. The van der Waals surface area contributed by atoms with Crippen molar-refractivity contribution in [3.05, 3.63) is 29.8 Å². The highest BCUT2D eigenvalue weighted by atomic mass is 16.5. The molecule has 0 saturated heterocycles. The zero-order valence-corrected chi connectivity index (χ0v) is 11.1. The van der Waals surface area contributed by atoms with E-state index in [4.69, 9.17) is 4.74 Å². The molecule has 2 unspecified atom stereocenters. The van der Waals surface area contributed by atoms with Crippen LogP contribution in [0.3, 0.4) is 0 Å². The Morgan fingerprint density at radius 2 is 2.28 bits per heavy atom. The van der Waals surface area contributed by atoms with E-state index in [-0.39, 0.29) is 12.0 Å². The number of rotatable bonds is 4. The first-order valence-electron chi connectivity index (χ1n) is 6.27. The SMILES string of the molecule is CNC(CN1c2ccccc2CC1C)C(=O)OC. The molecule has 1 aromatic rings. The van der Waals surface area contributed by atoms with E-state index in [9.17, 15) is 4.79 Å². The smallest absolute Gasteiger partial charge is 0.324 e. The Morgan fingerprint density at radius 1 is 1.56 bits per heavy atom. The van der Waals surface area contributed by atoms with E-state index in [2.05, 4.69) is 35.3 Å². The first-order valence-corrected chi connectivity index (χ1v) is 6.27. The second kappa shape index (κ2) is 5.40. The summed E-state index contributed by atoms with van der Waals surface area (Å²) in [5.74, 6) is -0.214. The van der Waals surface area contributed by atoms with E-state index in [0.29, 0.717) is 12.6 Å². The quantitative estimate of drug-likeness (QED) is 0.813. The van der Waals surface area contributed by atoms with Gasteiger partial charge in [0.2, 0.25) is 0 Å². The highest BCUT2D eigenvalue weighted by Crippen LogP contribution is 2.31. The number of likely N-dealkylation sites (N-methyl/N-ethyl adjacent to an activating group) is 1. The number of para-hydroxylation sites is 1. The zero-order chi connectivity index (χ0) is 13.1. The Balaban J connectivity index is 2.16. The summed E-state index contributed by atoms with van der Waals surface area (Å²) in [5.41, 5.74) is 2.58. The van der Waals surface area contributed by atoms with Gasteiger partial charge in [0.1, 0.15) is 6.04 Å². The van der Waals surface area contributed by atoms with Gasteiger partial charge in [-0.25, -0.2) is 0 Å². The molecule has 2 atom stereocenters. The average molecular weight is 248 g/mol. The molecule has 0 saturated carbocycles. The molecule has 1 N–H and O–H groups in total. The van der Waals surface area contributed by atoms with Crippen LogP contribution in [-0.4, -0.2) is 38.8 Å². The Bertz CT molecular complexity index is 434. The summed E-state index contributed by atoms with van der Waals surface area (Å²) in [5, 5.41) is 3.01. The van der Waals surface area contributed by atoms with Crippen LogP contribution < -0.4 is 10.2 Å². The molecule has 1 aliphatic heterocycles. The van der Waals surface area contributed by atoms with E-state index in [1.807, 2.05) is 6.07 Å². The number of anilines is 1. The molecular weight excluding hydrogens is 228 g/mol. The molecule has 0 aliphatic carbocycles. The predicted molar refractivity (Wildman–Crippen MR) is 71.8 cm³/mol. The number of benzene rings is 1. The highest BCUT2D eigenvalue weighted by Gasteiger charge is 2.29. The first kappa shape index (κ1) is 12.9.